The quantitative estimate of drug-likeness (QED) is 0.420. The molecule has 2 aliphatic heterocycles. The number of carbonyl (C=O) groups is 2. The first-order chi connectivity index (χ1) is 17.5. The van der Waals surface area contributed by atoms with Gasteiger partial charge in [0.25, 0.3) is 5.91 Å². The average molecular weight is 482 g/mol. The van der Waals surface area contributed by atoms with Crippen LogP contribution in [0.15, 0.2) is 73.7 Å². The minimum absolute atomic E-state index is 0.0548. The molecule has 4 aromatic rings. The van der Waals surface area contributed by atoms with Gasteiger partial charge in [-0.05, 0) is 30.3 Å². The Morgan fingerprint density at radius 3 is 2.72 bits per heavy atom. The smallest absolute Gasteiger partial charge is 0.256 e. The molecule has 5 heterocycles. The van der Waals surface area contributed by atoms with E-state index in [0.717, 1.165) is 5.56 Å². The lowest BCUT2D eigenvalue weighted by atomic mass is 9.97. The van der Waals surface area contributed by atoms with Crippen LogP contribution >= 0.6 is 0 Å². The van der Waals surface area contributed by atoms with Crippen LogP contribution in [-0.4, -0.2) is 55.3 Å². The highest BCUT2D eigenvalue weighted by molar-refractivity contribution is 6.04. The maximum absolute atomic E-state index is 12.7. The van der Waals surface area contributed by atoms with E-state index in [2.05, 4.69) is 21.9 Å². The first-order valence-electron chi connectivity index (χ1n) is 11.5. The van der Waals surface area contributed by atoms with Crippen LogP contribution in [0.1, 0.15) is 22.6 Å². The number of rotatable bonds is 5. The molecule has 3 N–H and O–H groups in total. The Bertz CT molecular complexity index is 1500. The van der Waals surface area contributed by atoms with Gasteiger partial charge in [0.2, 0.25) is 5.91 Å². The summed E-state index contributed by atoms with van der Waals surface area (Å²) in [4.78, 5) is 40.6. The molecule has 0 aliphatic carbocycles. The Kier molecular flexibility index (Phi) is 5.04. The predicted octanol–water partition coefficient (Wildman–Crippen LogP) is 2.64. The highest BCUT2D eigenvalue weighted by Crippen LogP contribution is 2.47. The number of aromatic nitrogens is 4. The number of pyridine rings is 1. The van der Waals surface area contributed by atoms with Crippen LogP contribution in [-0.2, 0) is 15.1 Å². The van der Waals surface area contributed by atoms with Crippen LogP contribution in [0.2, 0.25) is 0 Å². The largest absolute Gasteiger partial charge is 0.382 e. The SMILES string of the molecule is C=CC(=O)N1CC2CC1(c1nc(-c3ccc(C(=O)Nc4ccccn4)cc3)c3c(N)nccn13)CO2. The van der Waals surface area contributed by atoms with E-state index in [1.807, 2.05) is 16.5 Å². The molecule has 6 rings (SSSR count). The molecule has 0 spiro atoms. The molecule has 10 nitrogen and oxygen atoms in total. The van der Waals surface area contributed by atoms with Crippen molar-refractivity contribution < 1.29 is 14.3 Å². The molecule has 0 saturated carbocycles. The second-order valence-electron chi connectivity index (χ2n) is 8.88. The fourth-order valence-electron chi connectivity index (χ4n) is 5.12. The third kappa shape index (κ3) is 3.34. The number of benzene rings is 1. The normalized spacial score (nSPS) is 20.6. The average Bonchev–Trinajstić information content (AvgIpc) is 3.61. The number of morpholine rings is 1. The zero-order valence-corrected chi connectivity index (χ0v) is 19.3. The molecule has 2 saturated heterocycles. The van der Waals surface area contributed by atoms with Crippen LogP contribution in [0.5, 0.6) is 0 Å². The van der Waals surface area contributed by atoms with Crippen molar-refractivity contribution >= 4 is 29.0 Å². The minimum atomic E-state index is -0.729. The van der Waals surface area contributed by atoms with Crippen LogP contribution in [0.25, 0.3) is 16.8 Å². The number of carbonyl (C=O) groups excluding carboxylic acids is 2. The summed E-state index contributed by atoms with van der Waals surface area (Å²) >= 11 is 0. The predicted molar refractivity (Wildman–Crippen MR) is 133 cm³/mol. The Hall–Kier alpha value is -4.57. The molecule has 2 amide bonds. The topological polar surface area (TPSA) is 128 Å². The van der Waals surface area contributed by atoms with Crippen molar-refractivity contribution in [3.63, 3.8) is 0 Å². The maximum Gasteiger partial charge on any atom is 0.256 e. The first-order valence-corrected chi connectivity index (χ1v) is 11.5. The number of hydrogen-bond donors (Lipinski definition) is 2. The van der Waals surface area contributed by atoms with Crippen molar-refractivity contribution in [2.24, 2.45) is 0 Å². The van der Waals surface area contributed by atoms with Gasteiger partial charge in [-0.2, -0.15) is 0 Å². The van der Waals surface area contributed by atoms with E-state index in [1.54, 1.807) is 53.8 Å². The Morgan fingerprint density at radius 2 is 2.00 bits per heavy atom. The van der Waals surface area contributed by atoms with Crippen molar-refractivity contribution in [3.05, 3.63) is 85.1 Å². The summed E-state index contributed by atoms with van der Waals surface area (Å²) < 4.78 is 7.83. The van der Waals surface area contributed by atoms with Crippen LogP contribution in [0.4, 0.5) is 11.6 Å². The van der Waals surface area contributed by atoms with Gasteiger partial charge in [0, 0.05) is 42.7 Å². The maximum atomic E-state index is 12.7. The van der Waals surface area contributed by atoms with Crippen molar-refractivity contribution in [2.45, 2.75) is 18.1 Å². The summed E-state index contributed by atoms with van der Waals surface area (Å²) in [5.74, 6) is 1.02. The number of nitrogens with two attached hydrogens (primary N) is 1. The van der Waals surface area contributed by atoms with Gasteiger partial charge in [-0.25, -0.2) is 15.0 Å². The number of fused-ring (bicyclic) bond motifs is 3. The lowest BCUT2D eigenvalue weighted by molar-refractivity contribution is -0.136. The van der Waals surface area contributed by atoms with E-state index in [4.69, 9.17) is 15.5 Å². The molecule has 2 atom stereocenters. The Balaban J connectivity index is 1.41. The summed E-state index contributed by atoms with van der Waals surface area (Å²) in [6, 6.07) is 12.4. The molecule has 180 valence electrons. The van der Waals surface area contributed by atoms with E-state index < -0.39 is 5.54 Å². The Labute approximate surface area is 206 Å². The monoisotopic (exact) mass is 481 g/mol. The van der Waals surface area contributed by atoms with Gasteiger partial charge in [-0.3, -0.25) is 14.0 Å². The molecule has 36 heavy (non-hydrogen) atoms. The van der Waals surface area contributed by atoms with Crippen LogP contribution in [0.3, 0.4) is 0 Å². The van der Waals surface area contributed by atoms with Gasteiger partial charge in [-0.1, -0.05) is 24.8 Å². The fraction of sp³-hybridized carbons (Fsp3) is 0.192. The zero-order valence-electron chi connectivity index (χ0n) is 19.3. The number of ether oxygens (including phenoxy) is 1. The molecule has 0 radical (unpaired) electrons. The van der Waals surface area contributed by atoms with Crippen molar-refractivity contribution in [1.29, 1.82) is 0 Å². The van der Waals surface area contributed by atoms with E-state index in [-0.39, 0.29) is 17.9 Å². The number of hydrogen-bond acceptors (Lipinski definition) is 7. The molecule has 1 aromatic carbocycles. The van der Waals surface area contributed by atoms with Gasteiger partial charge in [0.1, 0.15) is 34.2 Å². The highest BCUT2D eigenvalue weighted by Gasteiger charge is 2.57. The lowest BCUT2D eigenvalue weighted by Crippen LogP contribution is -2.50. The molecule has 2 bridgehead atoms. The van der Waals surface area contributed by atoms with Crippen molar-refractivity contribution in [1.82, 2.24) is 24.3 Å². The molecule has 3 aromatic heterocycles. The van der Waals surface area contributed by atoms with Crippen LogP contribution < -0.4 is 11.1 Å². The number of likely N-dealkylation sites (tertiary alicyclic amines) is 1. The van der Waals surface area contributed by atoms with E-state index in [9.17, 15) is 9.59 Å². The fourth-order valence-corrected chi connectivity index (χ4v) is 5.12. The highest BCUT2D eigenvalue weighted by atomic mass is 16.5. The minimum Gasteiger partial charge on any atom is -0.382 e. The summed E-state index contributed by atoms with van der Waals surface area (Å²) in [6.07, 6.45) is 6.93. The number of imidazole rings is 1. The van der Waals surface area contributed by atoms with E-state index in [1.165, 1.54) is 6.08 Å². The third-order valence-electron chi connectivity index (χ3n) is 6.79. The summed E-state index contributed by atoms with van der Waals surface area (Å²) in [5.41, 5.74) is 8.07. The van der Waals surface area contributed by atoms with E-state index in [0.29, 0.717) is 53.8 Å². The molecule has 2 fully saturated rings. The van der Waals surface area contributed by atoms with Gasteiger partial charge >= 0.3 is 0 Å². The molecule has 2 unspecified atom stereocenters. The van der Waals surface area contributed by atoms with Gasteiger partial charge in [-0.15, -0.1) is 0 Å². The van der Waals surface area contributed by atoms with Crippen LogP contribution in [0, 0.1) is 0 Å². The van der Waals surface area contributed by atoms with Crippen molar-refractivity contribution in [2.75, 3.05) is 24.2 Å². The number of anilines is 2. The zero-order chi connectivity index (χ0) is 24.9. The first kappa shape index (κ1) is 21.9. The number of amides is 2. The molecule has 2 aliphatic rings. The Morgan fingerprint density at radius 1 is 1.17 bits per heavy atom. The van der Waals surface area contributed by atoms with Gasteiger partial charge < -0.3 is 20.7 Å². The molecule has 10 heteroatoms. The second kappa shape index (κ2) is 8.28. The molecular formula is C26H23N7O3. The van der Waals surface area contributed by atoms with Gasteiger partial charge in [0.15, 0.2) is 0 Å². The standard InChI is InChI=1S/C26H23N7O3/c1-2-20(34)33-14-18-13-26(33,15-36-18)25-31-21(22-23(27)29-11-12-32(22)25)16-6-8-17(9-7-16)24(35)30-19-5-3-4-10-28-19/h2-12,18H,1,13-15H2,(H2,27,29)(H,28,30,35). The second-order valence-corrected chi connectivity index (χ2v) is 8.88. The molecular weight excluding hydrogens is 458 g/mol. The van der Waals surface area contributed by atoms with E-state index >= 15 is 0 Å². The van der Waals surface area contributed by atoms with Crippen molar-refractivity contribution in [3.8, 4) is 11.3 Å². The lowest BCUT2D eigenvalue weighted by Gasteiger charge is -2.36. The van der Waals surface area contributed by atoms with Gasteiger partial charge in [0.05, 0.1) is 12.7 Å². The number of nitrogens with zero attached hydrogens (tertiary/aromatic N) is 5. The number of nitrogen functional groups attached to an aromatic ring is 1. The summed E-state index contributed by atoms with van der Waals surface area (Å²) in [7, 11) is 0. The summed E-state index contributed by atoms with van der Waals surface area (Å²) in [6.45, 7) is 4.49. The summed E-state index contributed by atoms with van der Waals surface area (Å²) in [5, 5.41) is 2.78. The number of nitrogens with one attached hydrogen (secondary N) is 1. The third-order valence-corrected chi connectivity index (χ3v) is 6.79.